The minimum absolute atomic E-state index is 0.0408. The molecule has 2 aromatic carbocycles. The van der Waals surface area contributed by atoms with Gasteiger partial charge in [-0.25, -0.2) is 29.1 Å². The number of hydrogen-bond donors (Lipinski definition) is 0. The maximum absolute atomic E-state index is 12.3. The zero-order valence-electron chi connectivity index (χ0n) is 30.8. The van der Waals surface area contributed by atoms with Gasteiger partial charge in [0, 0.05) is 0 Å². The number of aryl methyl sites for hydroxylation is 2. The first-order chi connectivity index (χ1) is 24.6. The van der Waals surface area contributed by atoms with Gasteiger partial charge in [0.25, 0.3) is 0 Å². The van der Waals surface area contributed by atoms with Gasteiger partial charge in [-0.05, 0) is 130 Å². The third-order valence-electron chi connectivity index (χ3n) is 10.9. The maximum Gasteiger partial charge on any atom is 0.550 e. The summed E-state index contributed by atoms with van der Waals surface area (Å²) in [5.41, 5.74) is 2.95. The second kappa shape index (κ2) is 20.1. The van der Waals surface area contributed by atoms with Gasteiger partial charge < -0.3 is 9.47 Å². The van der Waals surface area contributed by atoms with Gasteiger partial charge in [-0.2, -0.15) is 9.59 Å². The van der Waals surface area contributed by atoms with Crippen molar-refractivity contribution in [3.63, 3.8) is 0 Å². The molecule has 0 atom stereocenters. The zero-order valence-corrected chi connectivity index (χ0v) is 30.8. The van der Waals surface area contributed by atoms with E-state index in [1.54, 1.807) is 24.3 Å². The zero-order chi connectivity index (χ0) is 36.6. The van der Waals surface area contributed by atoms with E-state index in [0.29, 0.717) is 48.6 Å². The molecule has 4 rings (SSSR count). The van der Waals surface area contributed by atoms with Crippen LogP contribution in [-0.2, 0) is 41.9 Å². The monoisotopic (exact) mass is 708 g/mol. The predicted octanol–water partition coefficient (Wildman–Crippen LogP) is 10.4. The second-order valence-electron chi connectivity index (χ2n) is 14.7. The first-order valence-corrected chi connectivity index (χ1v) is 19.0. The van der Waals surface area contributed by atoms with E-state index in [4.69, 9.17) is 19.2 Å². The lowest BCUT2D eigenvalue weighted by Gasteiger charge is -2.46. The minimum atomic E-state index is -1.01. The smallest absolute Gasteiger partial charge is 0.428 e. The van der Waals surface area contributed by atoms with Crippen LogP contribution in [0.25, 0.3) is 0 Å². The molecule has 10 nitrogen and oxygen atoms in total. The van der Waals surface area contributed by atoms with E-state index >= 15 is 0 Å². The Hall–Kier alpha value is -4.08. The van der Waals surface area contributed by atoms with Gasteiger partial charge in [-0.1, -0.05) is 77.6 Å². The van der Waals surface area contributed by atoms with Gasteiger partial charge in [0.1, 0.15) is 12.2 Å². The summed E-state index contributed by atoms with van der Waals surface area (Å²) in [4.78, 5) is 68.1. The Balaban J connectivity index is 1.10. The summed E-state index contributed by atoms with van der Waals surface area (Å²) >= 11 is 0. The van der Waals surface area contributed by atoms with Crippen LogP contribution >= 0.6 is 0 Å². The van der Waals surface area contributed by atoms with E-state index in [9.17, 15) is 19.2 Å². The molecule has 0 bridgehead atoms. The van der Waals surface area contributed by atoms with Gasteiger partial charge in [0.2, 0.25) is 0 Å². The molecule has 2 aliphatic carbocycles. The molecule has 0 unspecified atom stereocenters. The van der Waals surface area contributed by atoms with Gasteiger partial charge in [0.05, 0.1) is 11.1 Å². The van der Waals surface area contributed by atoms with E-state index in [2.05, 4.69) is 37.5 Å². The number of carbonyl (C=O) groups excluding carboxylic acids is 4. The Kier molecular flexibility index (Phi) is 15.6. The molecular weight excluding hydrogens is 652 g/mol. The van der Waals surface area contributed by atoms with Crippen LogP contribution in [0.3, 0.4) is 0 Å². The number of rotatable bonds is 14. The Morgan fingerprint density at radius 2 is 0.882 bits per heavy atom. The Labute approximate surface area is 302 Å². The van der Waals surface area contributed by atoms with Crippen molar-refractivity contribution < 1.29 is 48.2 Å². The highest BCUT2D eigenvalue weighted by Gasteiger charge is 2.41. The van der Waals surface area contributed by atoms with Crippen molar-refractivity contribution >= 4 is 24.2 Å². The molecule has 0 aromatic heterocycles. The van der Waals surface area contributed by atoms with E-state index < -0.39 is 24.2 Å². The third kappa shape index (κ3) is 12.6. The normalized spacial score (nSPS) is 20.5. The molecule has 2 aliphatic rings. The molecule has 2 fully saturated rings. The fraction of sp³-hybridized carbons (Fsp3) is 0.610. The summed E-state index contributed by atoms with van der Waals surface area (Å²) in [5, 5.41) is 0. The van der Waals surface area contributed by atoms with E-state index in [1.807, 2.05) is 24.3 Å². The minimum Gasteiger partial charge on any atom is -0.428 e. The van der Waals surface area contributed by atoms with Crippen molar-refractivity contribution in [2.24, 2.45) is 17.3 Å². The molecule has 2 aromatic rings. The summed E-state index contributed by atoms with van der Waals surface area (Å²) in [5.74, 6) is -0.610. The van der Waals surface area contributed by atoms with Crippen LogP contribution in [0.4, 0.5) is 9.59 Å². The first-order valence-electron chi connectivity index (χ1n) is 19.0. The van der Waals surface area contributed by atoms with Crippen LogP contribution in [-0.4, -0.2) is 36.5 Å². The van der Waals surface area contributed by atoms with Gasteiger partial charge in [-0.3, -0.25) is 0 Å². The number of benzene rings is 2. The molecule has 0 N–H and O–H groups in total. The fourth-order valence-electron chi connectivity index (χ4n) is 7.51. The fourth-order valence-corrected chi connectivity index (χ4v) is 7.51. The van der Waals surface area contributed by atoms with Crippen LogP contribution in [0.1, 0.15) is 149 Å². The summed E-state index contributed by atoms with van der Waals surface area (Å²) in [6, 6.07) is 14.2. The van der Waals surface area contributed by atoms with Crippen molar-refractivity contribution in [2.75, 3.05) is 0 Å². The molecule has 0 spiro atoms. The average Bonchev–Trinajstić information content (AvgIpc) is 3.14. The Morgan fingerprint density at radius 3 is 1.22 bits per heavy atom. The number of unbranched alkanes of at least 4 members (excludes halogenated alkanes) is 4. The lowest BCUT2D eigenvalue weighted by Crippen LogP contribution is -2.39. The number of hydrogen-bond acceptors (Lipinski definition) is 10. The standard InChI is InChI=1S/C41H56O10/c1-5-7-9-11-29-13-17-31(18-14-29)37(42)48-50-39(44)46-35-25-21-33(22-26-35)41(3,4)34-23-27-36(28-24-34)47-40(45)51-49-38(43)32-19-15-30(16-20-32)12-10-8-6-2/h13-20,33-36H,5-12,21-28H2,1-4H3. The van der Waals surface area contributed by atoms with Gasteiger partial charge in [-0.15, -0.1) is 0 Å². The molecule has 0 amide bonds. The van der Waals surface area contributed by atoms with Crippen molar-refractivity contribution in [3.05, 3.63) is 70.8 Å². The molecule has 2 saturated carbocycles. The Morgan fingerprint density at radius 1 is 0.529 bits per heavy atom. The van der Waals surface area contributed by atoms with Crippen molar-refractivity contribution in [1.82, 2.24) is 0 Å². The molecule has 0 saturated heterocycles. The highest BCUT2D eigenvalue weighted by atomic mass is 17.2. The van der Waals surface area contributed by atoms with E-state index in [1.165, 1.54) is 0 Å². The van der Waals surface area contributed by atoms with Crippen LogP contribution in [0.2, 0.25) is 0 Å². The molecule has 280 valence electrons. The summed E-state index contributed by atoms with van der Waals surface area (Å²) in [6.45, 7) is 8.90. The van der Waals surface area contributed by atoms with E-state index in [0.717, 1.165) is 88.2 Å². The van der Waals surface area contributed by atoms with Crippen LogP contribution in [0, 0.1) is 17.3 Å². The topological polar surface area (TPSA) is 124 Å². The lowest BCUT2D eigenvalue weighted by atomic mass is 9.60. The second-order valence-corrected chi connectivity index (χ2v) is 14.7. The van der Waals surface area contributed by atoms with E-state index in [-0.39, 0.29) is 17.6 Å². The quantitative estimate of drug-likeness (QED) is 0.0810. The Bertz CT molecular complexity index is 1280. The molecule has 10 heteroatoms. The van der Waals surface area contributed by atoms with Crippen molar-refractivity contribution in [2.45, 2.75) is 143 Å². The van der Waals surface area contributed by atoms with Crippen molar-refractivity contribution in [3.8, 4) is 0 Å². The first kappa shape index (κ1) is 39.7. The summed E-state index contributed by atoms with van der Waals surface area (Å²) < 4.78 is 10.9. The molecule has 0 aliphatic heterocycles. The molecule has 0 heterocycles. The predicted molar refractivity (Wildman–Crippen MR) is 191 cm³/mol. The van der Waals surface area contributed by atoms with Crippen LogP contribution in [0.5, 0.6) is 0 Å². The SMILES string of the molecule is CCCCCc1ccc(C(=O)OOC(=O)OC2CCC(C(C)(C)C3CCC(OC(=O)OOC(=O)c4ccc(CCCCC)cc4)CC3)CC2)cc1. The van der Waals surface area contributed by atoms with Gasteiger partial charge in [0.15, 0.2) is 0 Å². The maximum atomic E-state index is 12.3. The summed E-state index contributed by atoms with van der Waals surface area (Å²) in [7, 11) is 0. The number of ether oxygens (including phenoxy) is 2. The number of carbonyl (C=O) groups is 4. The molecule has 51 heavy (non-hydrogen) atoms. The summed E-state index contributed by atoms with van der Waals surface area (Å²) in [6.07, 6.45) is 12.5. The van der Waals surface area contributed by atoms with Crippen molar-refractivity contribution in [1.29, 1.82) is 0 Å². The largest absolute Gasteiger partial charge is 0.550 e. The lowest BCUT2D eigenvalue weighted by molar-refractivity contribution is -0.209. The van der Waals surface area contributed by atoms with Crippen LogP contribution < -0.4 is 0 Å². The highest BCUT2D eigenvalue weighted by Crippen LogP contribution is 2.49. The third-order valence-corrected chi connectivity index (χ3v) is 10.9. The van der Waals surface area contributed by atoms with Gasteiger partial charge >= 0.3 is 24.2 Å². The highest BCUT2D eigenvalue weighted by molar-refractivity contribution is 5.89. The van der Waals surface area contributed by atoms with Crippen LogP contribution in [0.15, 0.2) is 48.5 Å². The molecular formula is C41H56O10. The average molecular weight is 709 g/mol. The molecule has 0 radical (unpaired) electrons.